The molecule has 204 valence electrons. The molecule has 1 spiro atoms. The van der Waals surface area contributed by atoms with Gasteiger partial charge in [-0.05, 0) is 95.3 Å². The van der Waals surface area contributed by atoms with Gasteiger partial charge in [-0.1, -0.05) is 0 Å². The van der Waals surface area contributed by atoms with Crippen molar-refractivity contribution < 1.29 is 54.3 Å². The summed E-state index contributed by atoms with van der Waals surface area (Å²) in [7, 11) is -6.37. The summed E-state index contributed by atoms with van der Waals surface area (Å²) in [5.41, 5.74) is -0.747. The molecule has 5 aliphatic rings. The van der Waals surface area contributed by atoms with Gasteiger partial charge in [0.15, 0.2) is 0 Å². The third-order valence-electron chi connectivity index (χ3n) is 7.94. The smallest absolute Gasteiger partial charge is 0.431 e. The molecule has 2 unspecified atom stereocenters. The number of halogens is 6. The molecule has 4 saturated carbocycles. The van der Waals surface area contributed by atoms with E-state index >= 15 is 0 Å². The highest BCUT2D eigenvalue weighted by atomic mass is 127. The second-order valence-electron chi connectivity index (χ2n) is 10.2. The standard InChI is InChI=1S/C22H20F4I2O8S/c23-20(24,22(25,26)37(31,32)33)3-4-34-18(30)19-7-10-5-11(8-19)21(12(6-10)9-19)35-14-2-1-13(27)16(28)15(14)17(29)36-21/h1-2,10-12H,3-9H2,(H,31,32,33). The molecule has 1 aromatic rings. The van der Waals surface area contributed by atoms with Crippen molar-refractivity contribution in [3.8, 4) is 5.75 Å². The summed E-state index contributed by atoms with van der Waals surface area (Å²) in [4.78, 5) is 26.1. The van der Waals surface area contributed by atoms with Gasteiger partial charge < -0.3 is 14.2 Å². The maximum absolute atomic E-state index is 13.8. The zero-order valence-electron chi connectivity index (χ0n) is 18.8. The number of esters is 2. The summed E-state index contributed by atoms with van der Waals surface area (Å²) in [6, 6.07) is 3.53. The lowest BCUT2D eigenvalue weighted by Crippen LogP contribution is -2.67. The summed E-state index contributed by atoms with van der Waals surface area (Å²) >= 11 is 4.15. The van der Waals surface area contributed by atoms with Gasteiger partial charge in [-0.25, -0.2) is 4.79 Å². The Morgan fingerprint density at radius 2 is 1.73 bits per heavy atom. The Kier molecular flexibility index (Phi) is 6.55. The molecule has 8 nitrogen and oxygen atoms in total. The van der Waals surface area contributed by atoms with Crippen LogP contribution in [-0.4, -0.2) is 48.5 Å². The molecule has 1 N–H and O–H groups in total. The minimum Gasteiger partial charge on any atom is -0.465 e. The first kappa shape index (κ1) is 27.6. The van der Waals surface area contributed by atoms with E-state index in [-0.39, 0.29) is 30.6 Å². The van der Waals surface area contributed by atoms with Crippen LogP contribution in [0, 0.1) is 30.3 Å². The van der Waals surface area contributed by atoms with Gasteiger partial charge in [-0.3, -0.25) is 9.35 Å². The molecule has 0 saturated heterocycles. The van der Waals surface area contributed by atoms with Crippen LogP contribution in [0.15, 0.2) is 12.1 Å². The molecule has 0 aromatic heterocycles. The second-order valence-corrected chi connectivity index (χ2v) is 13.9. The number of rotatable bonds is 6. The Morgan fingerprint density at radius 1 is 1.11 bits per heavy atom. The molecule has 6 rings (SSSR count). The molecule has 1 aliphatic heterocycles. The average Bonchev–Trinajstić information content (AvgIpc) is 2.78. The molecule has 4 bridgehead atoms. The monoisotopic (exact) mass is 774 g/mol. The van der Waals surface area contributed by atoms with Crippen molar-refractivity contribution in [1.82, 2.24) is 0 Å². The SMILES string of the molecule is O=C1OC2(Oc3ccc(I)c(I)c31)C1CC3CC2CC(C(=O)OCCC(F)(F)C(F)(F)S(=O)(=O)O)(C3)C1. The lowest BCUT2D eigenvalue weighted by Gasteiger charge is -2.62. The summed E-state index contributed by atoms with van der Waals surface area (Å²) in [6.07, 6.45) is 0.243. The Balaban J connectivity index is 1.32. The molecule has 37 heavy (non-hydrogen) atoms. The van der Waals surface area contributed by atoms with Crippen LogP contribution in [0.3, 0.4) is 0 Å². The first-order chi connectivity index (χ1) is 17.0. The maximum Gasteiger partial charge on any atom is 0.431 e. The number of benzene rings is 1. The number of carbonyl (C=O) groups is 2. The lowest BCUT2D eigenvalue weighted by molar-refractivity contribution is -0.294. The van der Waals surface area contributed by atoms with E-state index in [4.69, 9.17) is 18.8 Å². The molecular weight excluding hydrogens is 754 g/mol. The van der Waals surface area contributed by atoms with Crippen molar-refractivity contribution in [2.75, 3.05) is 6.61 Å². The van der Waals surface area contributed by atoms with Gasteiger partial charge in [0.25, 0.3) is 5.79 Å². The minimum absolute atomic E-state index is 0.0709. The van der Waals surface area contributed by atoms with Crippen molar-refractivity contribution in [3.05, 3.63) is 24.8 Å². The predicted molar refractivity (Wildman–Crippen MR) is 134 cm³/mol. The van der Waals surface area contributed by atoms with Crippen molar-refractivity contribution in [2.45, 2.75) is 55.5 Å². The van der Waals surface area contributed by atoms with Crippen LogP contribution >= 0.6 is 45.2 Å². The first-order valence-corrected chi connectivity index (χ1v) is 14.9. The van der Waals surface area contributed by atoms with Crippen molar-refractivity contribution in [1.29, 1.82) is 0 Å². The molecule has 2 atom stereocenters. The molecule has 15 heteroatoms. The average molecular weight is 774 g/mol. The van der Waals surface area contributed by atoms with Crippen LogP contribution in [0.2, 0.25) is 0 Å². The molecule has 1 aromatic carbocycles. The van der Waals surface area contributed by atoms with Crippen molar-refractivity contribution in [2.24, 2.45) is 23.2 Å². The van der Waals surface area contributed by atoms with E-state index < -0.39 is 57.5 Å². The maximum atomic E-state index is 13.8. The van der Waals surface area contributed by atoms with Gasteiger partial charge in [0.1, 0.15) is 11.3 Å². The van der Waals surface area contributed by atoms with Gasteiger partial charge in [-0.2, -0.15) is 26.0 Å². The van der Waals surface area contributed by atoms with Gasteiger partial charge in [0.05, 0.1) is 18.4 Å². The van der Waals surface area contributed by atoms with Gasteiger partial charge in [-0.15, -0.1) is 0 Å². The van der Waals surface area contributed by atoms with Gasteiger partial charge in [0.2, 0.25) is 0 Å². The normalized spacial score (nSPS) is 32.6. The van der Waals surface area contributed by atoms with E-state index in [0.717, 1.165) is 3.57 Å². The third-order valence-corrected chi connectivity index (χ3v) is 11.9. The van der Waals surface area contributed by atoms with Gasteiger partial charge >= 0.3 is 33.2 Å². The molecule has 0 amide bonds. The highest BCUT2D eigenvalue weighted by molar-refractivity contribution is 14.1. The van der Waals surface area contributed by atoms with Crippen LogP contribution in [0.1, 0.15) is 48.9 Å². The topological polar surface area (TPSA) is 116 Å². The molecule has 4 fully saturated rings. The summed E-state index contributed by atoms with van der Waals surface area (Å²) in [5, 5.41) is -5.73. The number of fused-ring (bicyclic) bond motifs is 1. The van der Waals surface area contributed by atoms with Gasteiger partial charge in [0, 0.05) is 19.0 Å². The van der Waals surface area contributed by atoms with Crippen LogP contribution in [0.4, 0.5) is 17.6 Å². The fourth-order valence-electron chi connectivity index (χ4n) is 6.47. The zero-order chi connectivity index (χ0) is 27.2. The highest BCUT2D eigenvalue weighted by Crippen LogP contribution is 2.66. The van der Waals surface area contributed by atoms with Crippen molar-refractivity contribution in [3.63, 3.8) is 0 Å². The highest BCUT2D eigenvalue weighted by Gasteiger charge is 2.70. The van der Waals surface area contributed by atoms with E-state index in [0.29, 0.717) is 34.1 Å². The zero-order valence-corrected chi connectivity index (χ0v) is 23.9. The third kappa shape index (κ3) is 4.15. The van der Waals surface area contributed by atoms with E-state index in [9.17, 15) is 35.6 Å². The molecule has 0 radical (unpaired) electrons. The van der Waals surface area contributed by atoms with E-state index in [2.05, 4.69) is 22.6 Å². The Bertz CT molecular complexity index is 1270. The molecule has 1 heterocycles. The van der Waals surface area contributed by atoms with Crippen LogP contribution in [-0.2, 0) is 24.4 Å². The van der Waals surface area contributed by atoms with E-state index in [1.807, 2.05) is 28.7 Å². The Morgan fingerprint density at radius 3 is 2.32 bits per heavy atom. The summed E-state index contributed by atoms with van der Waals surface area (Å²) < 4.78 is 103. The Hall–Kier alpha value is -0.950. The van der Waals surface area contributed by atoms with Crippen molar-refractivity contribution >= 4 is 67.2 Å². The molecule has 4 aliphatic carbocycles. The number of carbonyl (C=O) groups excluding carboxylic acids is 2. The van der Waals surface area contributed by atoms with Crippen LogP contribution in [0.5, 0.6) is 5.75 Å². The van der Waals surface area contributed by atoms with Crippen LogP contribution in [0.25, 0.3) is 0 Å². The first-order valence-electron chi connectivity index (χ1n) is 11.3. The fraction of sp³-hybridized carbons (Fsp3) is 0.636. The number of hydrogen-bond donors (Lipinski definition) is 1. The summed E-state index contributed by atoms with van der Waals surface area (Å²) in [5.74, 6) is -8.07. The number of hydrogen-bond acceptors (Lipinski definition) is 7. The Labute approximate surface area is 236 Å². The van der Waals surface area contributed by atoms with Crippen LogP contribution < -0.4 is 4.74 Å². The minimum atomic E-state index is -6.37. The van der Waals surface area contributed by atoms with E-state index in [1.165, 1.54) is 0 Å². The molecular formula is C22H20F4I2O8S. The number of ether oxygens (including phenoxy) is 3. The largest absolute Gasteiger partial charge is 0.465 e. The summed E-state index contributed by atoms with van der Waals surface area (Å²) in [6.45, 7) is -1.17. The fourth-order valence-corrected chi connectivity index (χ4v) is 8.06. The quantitative estimate of drug-likeness (QED) is 0.186. The van der Waals surface area contributed by atoms with E-state index in [1.54, 1.807) is 6.07 Å². The lowest BCUT2D eigenvalue weighted by atomic mass is 9.47. The second kappa shape index (κ2) is 8.78. The number of alkyl halides is 4. The predicted octanol–water partition coefficient (Wildman–Crippen LogP) is 5.02.